The Labute approximate surface area is 158 Å². The van der Waals surface area contributed by atoms with Gasteiger partial charge in [-0.05, 0) is 31.0 Å². The number of aliphatic carboxylic acids is 1. The molecular formula is C18H17N3O3S2. The third kappa shape index (κ3) is 3.42. The average molecular weight is 387 g/mol. The summed E-state index contributed by atoms with van der Waals surface area (Å²) >= 11 is 2.91. The lowest BCUT2D eigenvalue weighted by Crippen LogP contribution is -2.39. The second-order valence-electron chi connectivity index (χ2n) is 6.19. The highest BCUT2D eigenvalue weighted by atomic mass is 32.1. The van der Waals surface area contributed by atoms with Crippen molar-refractivity contribution >= 4 is 54.9 Å². The molecule has 1 amide bonds. The molecule has 1 saturated heterocycles. The van der Waals surface area contributed by atoms with E-state index in [0.29, 0.717) is 30.8 Å². The summed E-state index contributed by atoms with van der Waals surface area (Å²) in [7, 11) is 0. The van der Waals surface area contributed by atoms with Gasteiger partial charge in [-0.25, -0.2) is 4.98 Å². The first kappa shape index (κ1) is 17.0. The average Bonchev–Trinajstić information content (AvgIpc) is 3.20. The van der Waals surface area contributed by atoms with Crippen LogP contribution in [0.25, 0.3) is 9.53 Å². The van der Waals surface area contributed by atoms with Gasteiger partial charge in [0.25, 0.3) is 5.91 Å². The van der Waals surface area contributed by atoms with Crippen molar-refractivity contribution in [1.29, 1.82) is 0 Å². The van der Waals surface area contributed by atoms with Gasteiger partial charge >= 0.3 is 5.97 Å². The Morgan fingerprint density at radius 2 is 1.88 bits per heavy atom. The van der Waals surface area contributed by atoms with Crippen LogP contribution in [0, 0.1) is 5.92 Å². The van der Waals surface area contributed by atoms with Crippen LogP contribution in [0.4, 0.5) is 10.8 Å². The number of aromatic nitrogens is 1. The first-order valence-electron chi connectivity index (χ1n) is 8.34. The van der Waals surface area contributed by atoms with E-state index in [4.69, 9.17) is 5.11 Å². The molecule has 26 heavy (non-hydrogen) atoms. The number of thiazole rings is 1. The number of likely N-dealkylation sites (tertiary alicyclic amines) is 1. The molecule has 0 aliphatic carbocycles. The van der Waals surface area contributed by atoms with Crippen molar-refractivity contribution in [3.05, 3.63) is 41.3 Å². The number of rotatable bonds is 4. The molecule has 0 atom stereocenters. The molecule has 8 heteroatoms. The van der Waals surface area contributed by atoms with Gasteiger partial charge in [0, 0.05) is 18.8 Å². The Kier molecular flexibility index (Phi) is 4.60. The van der Waals surface area contributed by atoms with E-state index in [1.807, 2.05) is 36.4 Å². The molecular weight excluding hydrogens is 370 g/mol. The summed E-state index contributed by atoms with van der Waals surface area (Å²) in [6, 6.07) is 11.7. The van der Waals surface area contributed by atoms with E-state index in [1.165, 1.54) is 22.7 Å². The molecule has 0 unspecified atom stereocenters. The largest absolute Gasteiger partial charge is 0.481 e. The summed E-state index contributed by atoms with van der Waals surface area (Å²) in [6.07, 6.45) is 1.04. The van der Waals surface area contributed by atoms with Crippen molar-refractivity contribution in [2.24, 2.45) is 5.92 Å². The summed E-state index contributed by atoms with van der Waals surface area (Å²) in [5.74, 6) is -1.13. The van der Waals surface area contributed by atoms with Gasteiger partial charge in [0.05, 0.1) is 15.5 Å². The number of carbonyl (C=O) groups excluding carboxylic acids is 1. The fourth-order valence-corrected chi connectivity index (χ4v) is 5.13. The zero-order chi connectivity index (χ0) is 18.1. The molecule has 6 nitrogen and oxygen atoms in total. The number of amides is 1. The molecule has 1 aliphatic rings. The highest BCUT2D eigenvalue weighted by molar-refractivity contribution is 7.29. The molecule has 4 rings (SSSR count). The lowest BCUT2D eigenvalue weighted by molar-refractivity contribution is -0.143. The molecule has 0 bridgehead atoms. The van der Waals surface area contributed by atoms with E-state index in [-0.39, 0.29) is 11.8 Å². The number of fused-ring (bicyclic) bond motifs is 1. The van der Waals surface area contributed by atoms with Gasteiger partial charge in [-0.15, -0.1) is 11.3 Å². The number of benzene rings is 1. The summed E-state index contributed by atoms with van der Waals surface area (Å²) in [5.41, 5.74) is 0.978. The van der Waals surface area contributed by atoms with E-state index in [2.05, 4.69) is 10.3 Å². The van der Waals surface area contributed by atoms with Crippen LogP contribution in [0.5, 0.6) is 0 Å². The summed E-state index contributed by atoms with van der Waals surface area (Å²) in [6.45, 7) is 0.991. The van der Waals surface area contributed by atoms with E-state index in [1.54, 1.807) is 4.90 Å². The third-order valence-corrected chi connectivity index (χ3v) is 6.52. The van der Waals surface area contributed by atoms with Gasteiger partial charge in [0.2, 0.25) is 0 Å². The first-order valence-corrected chi connectivity index (χ1v) is 9.98. The molecule has 1 aliphatic heterocycles. The van der Waals surface area contributed by atoms with E-state index in [9.17, 15) is 9.59 Å². The van der Waals surface area contributed by atoms with Crippen LogP contribution in [0.2, 0.25) is 0 Å². The van der Waals surface area contributed by atoms with Gasteiger partial charge in [-0.2, -0.15) is 0 Å². The highest BCUT2D eigenvalue weighted by Gasteiger charge is 2.28. The molecule has 2 aromatic heterocycles. The number of carboxylic acids is 1. The standard InChI is InChI=1S/C18H17N3O3S2/c22-16(21-8-6-11(7-9-21)17(23)24)14-10-13-15(25-14)20-18(26-13)19-12-4-2-1-3-5-12/h1-5,10-11H,6-9H2,(H,19,20)(H,23,24). The second-order valence-corrected chi connectivity index (χ2v) is 8.26. The molecule has 0 saturated carbocycles. The highest BCUT2D eigenvalue weighted by Crippen LogP contribution is 2.35. The van der Waals surface area contributed by atoms with Gasteiger partial charge < -0.3 is 15.3 Å². The van der Waals surface area contributed by atoms with Crippen LogP contribution in [0.3, 0.4) is 0 Å². The zero-order valence-electron chi connectivity index (χ0n) is 13.8. The first-order chi connectivity index (χ1) is 12.6. The van der Waals surface area contributed by atoms with Crippen molar-refractivity contribution in [1.82, 2.24) is 9.88 Å². The number of hydrogen-bond donors (Lipinski definition) is 2. The number of piperidine rings is 1. The topological polar surface area (TPSA) is 82.5 Å². The fourth-order valence-electron chi connectivity index (χ4n) is 3.02. The van der Waals surface area contributed by atoms with Gasteiger partial charge in [0.1, 0.15) is 4.83 Å². The Balaban J connectivity index is 1.45. The number of hydrogen-bond acceptors (Lipinski definition) is 6. The minimum absolute atomic E-state index is 0.0263. The van der Waals surface area contributed by atoms with E-state index in [0.717, 1.165) is 20.3 Å². The molecule has 134 valence electrons. The SMILES string of the molecule is O=C(O)C1CCN(C(=O)c2cc3sc(Nc4ccccc4)nc3s2)CC1. The molecule has 0 spiro atoms. The maximum absolute atomic E-state index is 12.7. The Bertz CT molecular complexity index is 912. The van der Waals surface area contributed by atoms with Crippen molar-refractivity contribution in [3.63, 3.8) is 0 Å². The van der Waals surface area contributed by atoms with Crippen LogP contribution in [0.15, 0.2) is 36.4 Å². The summed E-state index contributed by atoms with van der Waals surface area (Å²) in [5, 5.41) is 13.1. The van der Waals surface area contributed by atoms with Crippen LogP contribution < -0.4 is 5.32 Å². The predicted molar refractivity (Wildman–Crippen MR) is 103 cm³/mol. The number of carboxylic acid groups (broad SMARTS) is 1. The van der Waals surface area contributed by atoms with Crippen LogP contribution >= 0.6 is 22.7 Å². The Morgan fingerprint density at radius 3 is 2.54 bits per heavy atom. The van der Waals surface area contributed by atoms with Crippen LogP contribution in [-0.2, 0) is 4.79 Å². The normalized spacial score (nSPS) is 15.3. The molecule has 3 heterocycles. The van der Waals surface area contributed by atoms with Crippen LogP contribution in [-0.4, -0.2) is 40.0 Å². The fraction of sp³-hybridized carbons (Fsp3) is 0.278. The molecule has 3 aromatic rings. The van der Waals surface area contributed by atoms with Gasteiger partial charge in [-0.3, -0.25) is 9.59 Å². The zero-order valence-corrected chi connectivity index (χ0v) is 15.5. The minimum atomic E-state index is -0.767. The van der Waals surface area contributed by atoms with E-state index < -0.39 is 5.97 Å². The lowest BCUT2D eigenvalue weighted by Gasteiger charge is -2.29. The minimum Gasteiger partial charge on any atom is -0.481 e. The van der Waals surface area contributed by atoms with Crippen molar-refractivity contribution < 1.29 is 14.7 Å². The summed E-state index contributed by atoms with van der Waals surface area (Å²) < 4.78 is 0.984. The van der Waals surface area contributed by atoms with E-state index >= 15 is 0 Å². The number of nitrogens with zero attached hydrogens (tertiary/aromatic N) is 2. The summed E-state index contributed by atoms with van der Waals surface area (Å²) in [4.78, 5) is 31.5. The maximum Gasteiger partial charge on any atom is 0.306 e. The number of nitrogens with one attached hydrogen (secondary N) is 1. The van der Waals surface area contributed by atoms with Crippen molar-refractivity contribution in [2.75, 3.05) is 18.4 Å². The lowest BCUT2D eigenvalue weighted by atomic mass is 9.97. The number of anilines is 2. The molecule has 1 aromatic carbocycles. The smallest absolute Gasteiger partial charge is 0.306 e. The molecule has 1 fully saturated rings. The number of para-hydroxylation sites is 1. The van der Waals surface area contributed by atoms with Crippen molar-refractivity contribution in [2.45, 2.75) is 12.8 Å². The second kappa shape index (κ2) is 7.05. The maximum atomic E-state index is 12.7. The Morgan fingerprint density at radius 1 is 1.15 bits per heavy atom. The third-order valence-electron chi connectivity index (χ3n) is 4.46. The number of thiophene rings is 1. The van der Waals surface area contributed by atoms with Gasteiger partial charge in [-0.1, -0.05) is 29.5 Å². The Hall–Kier alpha value is -2.45. The monoisotopic (exact) mass is 387 g/mol. The van der Waals surface area contributed by atoms with Crippen molar-refractivity contribution in [3.8, 4) is 0 Å². The van der Waals surface area contributed by atoms with Gasteiger partial charge in [0.15, 0.2) is 5.13 Å². The number of carbonyl (C=O) groups is 2. The molecule has 2 N–H and O–H groups in total. The quantitative estimate of drug-likeness (QED) is 0.706. The predicted octanol–water partition coefficient (Wildman–Crippen LogP) is 4.04. The molecule has 0 radical (unpaired) electrons. The van der Waals surface area contributed by atoms with Crippen LogP contribution in [0.1, 0.15) is 22.5 Å².